The van der Waals surface area contributed by atoms with Gasteiger partial charge in [-0.05, 0) is 42.5 Å². The van der Waals surface area contributed by atoms with Crippen molar-refractivity contribution in [2.45, 2.75) is 4.34 Å². The Labute approximate surface area is 168 Å². The van der Waals surface area contributed by atoms with E-state index in [4.69, 9.17) is 4.74 Å². The fourth-order valence-electron chi connectivity index (χ4n) is 2.11. The van der Waals surface area contributed by atoms with Gasteiger partial charge < -0.3 is 10.1 Å². The maximum atomic E-state index is 12.9. The predicted molar refractivity (Wildman–Crippen MR) is 107 cm³/mol. The summed E-state index contributed by atoms with van der Waals surface area (Å²) in [7, 11) is 1.53. The van der Waals surface area contributed by atoms with Gasteiger partial charge in [0, 0.05) is 11.3 Å². The Morgan fingerprint density at radius 1 is 1.14 bits per heavy atom. The van der Waals surface area contributed by atoms with Crippen molar-refractivity contribution in [3.8, 4) is 5.75 Å². The number of ether oxygens (including phenoxy) is 1. The summed E-state index contributed by atoms with van der Waals surface area (Å²) in [5, 5.41) is 13.5. The summed E-state index contributed by atoms with van der Waals surface area (Å²) < 4.78 is 18.5. The molecule has 144 valence electrons. The first-order valence-corrected chi connectivity index (χ1v) is 9.81. The molecule has 1 aromatic heterocycles. The number of carbonyl (C=O) groups excluding carboxylic acids is 2. The van der Waals surface area contributed by atoms with Crippen molar-refractivity contribution >= 4 is 45.7 Å². The van der Waals surface area contributed by atoms with Crippen LogP contribution in [0, 0.1) is 5.82 Å². The molecule has 2 aromatic carbocycles. The summed E-state index contributed by atoms with van der Waals surface area (Å²) in [4.78, 5) is 24.2. The van der Waals surface area contributed by atoms with E-state index in [1.807, 2.05) is 0 Å². The van der Waals surface area contributed by atoms with Crippen LogP contribution in [0.4, 0.5) is 15.2 Å². The van der Waals surface area contributed by atoms with Gasteiger partial charge in [-0.25, -0.2) is 4.39 Å². The van der Waals surface area contributed by atoms with Crippen molar-refractivity contribution in [1.82, 2.24) is 10.2 Å². The van der Waals surface area contributed by atoms with Crippen LogP contribution in [0.1, 0.15) is 10.4 Å². The predicted octanol–water partition coefficient (Wildman–Crippen LogP) is 3.67. The molecule has 0 radical (unpaired) electrons. The second-order valence-corrected chi connectivity index (χ2v) is 7.60. The minimum absolute atomic E-state index is 0.107. The molecule has 0 unspecified atom stereocenters. The molecule has 2 amide bonds. The molecule has 0 aliphatic rings. The Hall–Kier alpha value is -2.98. The Balaban J connectivity index is 1.51. The van der Waals surface area contributed by atoms with Crippen LogP contribution >= 0.6 is 23.1 Å². The van der Waals surface area contributed by atoms with Gasteiger partial charge in [-0.1, -0.05) is 29.2 Å². The molecule has 0 bridgehead atoms. The lowest BCUT2D eigenvalue weighted by Crippen LogP contribution is -2.13. The Bertz CT molecular complexity index is 979. The van der Waals surface area contributed by atoms with Crippen molar-refractivity contribution in [1.29, 1.82) is 0 Å². The van der Waals surface area contributed by atoms with E-state index in [0.717, 1.165) is 11.3 Å². The van der Waals surface area contributed by atoms with Gasteiger partial charge in [0.05, 0.1) is 12.9 Å². The van der Waals surface area contributed by atoms with Crippen LogP contribution in [-0.2, 0) is 4.79 Å². The number of rotatable bonds is 7. The van der Waals surface area contributed by atoms with Crippen LogP contribution in [-0.4, -0.2) is 34.9 Å². The maximum Gasteiger partial charge on any atom is 0.257 e. The van der Waals surface area contributed by atoms with Gasteiger partial charge in [-0.3, -0.25) is 14.9 Å². The first-order valence-electron chi connectivity index (χ1n) is 8.00. The lowest BCUT2D eigenvalue weighted by Gasteiger charge is -2.04. The van der Waals surface area contributed by atoms with E-state index >= 15 is 0 Å². The van der Waals surface area contributed by atoms with Crippen LogP contribution < -0.4 is 15.4 Å². The second kappa shape index (κ2) is 9.29. The first-order chi connectivity index (χ1) is 13.5. The molecule has 0 atom stereocenters. The Morgan fingerprint density at radius 2 is 1.93 bits per heavy atom. The number of thioether (sulfide) groups is 1. The zero-order chi connectivity index (χ0) is 19.9. The third-order valence-electron chi connectivity index (χ3n) is 3.41. The van der Waals surface area contributed by atoms with Crippen molar-refractivity contribution < 1.29 is 18.7 Å². The summed E-state index contributed by atoms with van der Waals surface area (Å²) in [6, 6.07) is 12.2. The minimum atomic E-state index is -0.371. The molecular formula is C18H15FN4O3S2. The topological polar surface area (TPSA) is 93.2 Å². The number of halogens is 1. The average Bonchev–Trinajstić information content (AvgIpc) is 3.15. The third-order valence-corrected chi connectivity index (χ3v) is 5.39. The van der Waals surface area contributed by atoms with Gasteiger partial charge >= 0.3 is 0 Å². The minimum Gasteiger partial charge on any atom is -0.497 e. The molecule has 3 rings (SSSR count). The van der Waals surface area contributed by atoms with Crippen molar-refractivity contribution in [3.05, 3.63) is 59.9 Å². The monoisotopic (exact) mass is 418 g/mol. The average molecular weight is 418 g/mol. The van der Waals surface area contributed by atoms with Gasteiger partial charge in [0.25, 0.3) is 5.91 Å². The summed E-state index contributed by atoms with van der Waals surface area (Å²) in [6.45, 7) is 0. The zero-order valence-corrected chi connectivity index (χ0v) is 16.3. The van der Waals surface area contributed by atoms with Gasteiger partial charge in [0.15, 0.2) is 4.34 Å². The number of hydrogen-bond donors (Lipinski definition) is 2. The van der Waals surface area contributed by atoms with Crippen molar-refractivity contribution in [2.75, 3.05) is 23.5 Å². The molecule has 0 aliphatic carbocycles. The standard InChI is InChI=1S/C18H15FN4O3S2/c1-26-14-4-2-3-11(9-14)16(25)21-17-22-23-18(28-17)27-10-15(24)20-13-7-5-12(19)6-8-13/h2-9H,10H2,1H3,(H,20,24)(H,21,22,25). The highest BCUT2D eigenvalue weighted by Crippen LogP contribution is 2.26. The molecule has 1 heterocycles. The summed E-state index contributed by atoms with van der Waals surface area (Å²) in [6.07, 6.45) is 0. The number of carbonyl (C=O) groups is 2. The van der Waals surface area contributed by atoms with Crippen LogP contribution in [0.5, 0.6) is 5.75 Å². The maximum absolute atomic E-state index is 12.9. The Kier molecular flexibility index (Phi) is 6.56. The molecule has 0 spiro atoms. The van der Waals surface area contributed by atoms with Crippen molar-refractivity contribution in [3.63, 3.8) is 0 Å². The SMILES string of the molecule is COc1cccc(C(=O)Nc2nnc(SCC(=O)Nc3ccc(F)cc3)s2)c1. The van der Waals surface area contributed by atoms with E-state index in [2.05, 4.69) is 20.8 Å². The van der Waals surface area contributed by atoms with E-state index in [0.29, 0.717) is 26.5 Å². The van der Waals surface area contributed by atoms with Gasteiger partial charge in [0.2, 0.25) is 11.0 Å². The van der Waals surface area contributed by atoms with E-state index in [1.54, 1.807) is 24.3 Å². The molecule has 0 saturated carbocycles. The number of amides is 2. The lowest BCUT2D eigenvalue weighted by molar-refractivity contribution is -0.113. The lowest BCUT2D eigenvalue weighted by atomic mass is 10.2. The third kappa shape index (κ3) is 5.51. The van der Waals surface area contributed by atoms with Crippen LogP contribution in [0.3, 0.4) is 0 Å². The van der Waals surface area contributed by atoms with E-state index < -0.39 is 0 Å². The molecular weight excluding hydrogens is 403 g/mol. The number of hydrogen-bond acceptors (Lipinski definition) is 7. The van der Waals surface area contributed by atoms with Gasteiger partial charge in [-0.15, -0.1) is 10.2 Å². The van der Waals surface area contributed by atoms with E-state index in [-0.39, 0.29) is 23.4 Å². The highest BCUT2D eigenvalue weighted by atomic mass is 32.2. The van der Waals surface area contributed by atoms with Crippen LogP contribution in [0.2, 0.25) is 0 Å². The van der Waals surface area contributed by atoms with Gasteiger partial charge in [0.1, 0.15) is 11.6 Å². The van der Waals surface area contributed by atoms with Crippen LogP contribution in [0.15, 0.2) is 52.9 Å². The number of nitrogens with zero attached hydrogens (tertiary/aromatic N) is 2. The molecule has 0 fully saturated rings. The number of nitrogens with one attached hydrogen (secondary N) is 2. The number of methoxy groups -OCH3 is 1. The highest BCUT2D eigenvalue weighted by molar-refractivity contribution is 8.01. The molecule has 0 aliphatic heterocycles. The smallest absolute Gasteiger partial charge is 0.257 e. The molecule has 10 heteroatoms. The largest absolute Gasteiger partial charge is 0.497 e. The fraction of sp³-hybridized carbons (Fsp3) is 0.111. The van der Waals surface area contributed by atoms with E-state index in [1.165, 1.54) is 43.1 Å². The normalized spacial score (nSPS) is 10.4. The molecule has 0 saturated heterocycles. The Morgan fingerprint density at radius 3 is 2.68 bits per heavy atom. The van der Waals surface area contributed by atoms with Crippen LogP contribution in [0.25, 0.3) is 0 Å². The quantitative estimate of drug-likeness (QED) is 0.449. The summed E-state index contributed by atoms with van der Waals surface area (Å²) in [5.41, 5.74) is 0.943. The summed E-state index contributed by atoms with van der Waals surface area (Å²) in [5.74, 6) is -0.275. The zero-order valence-electron chi connectivity index (χ0n) is 14.6. The fourth-order valence-corrected chi connectivity index (χ4v) is 3.66. The number of anilines is 2. The molecule has 28 heavy (non-hydrogen) atoms. The second-order valence-electron chi connectivity index (χ2n) is 5.40. The number of aromatic nitrogens is 2. The van der Waals surface area contributed by atoms with E-state index in [9.17, 15) is 14.0 Å². The molecule has 7 nitrogen and oxygen atoms in total. The van der Waals surface area contributed by atoms with Crippen molar-refractivity contribution in [2.24, 2.45) is 0 Å². The number of benzene rings is 2. The molecule has 3 aromatic rings. The first kappa shape index (κ1) is 19.8. The van der Waals surface area contributed by atoms with Gasteiger partial charge in [-0.2, -0.15) is 0 Å². The highest BCUT2D eigenvalue weighted by Gasteiger charge is 2.12. The molecule has 2 N–H and O–H groups in total. The summed E-state index contributed by atoms with van der Waals surface area (Å²) >= 11 is 2.35.